The molecule has 0 bridgehead atoms. The molecule has 1 heterocycles. The molecule has 32 heavy (non-hydrogen) atoms. The van der Waals surface area contributed by atoms with Gasteiger partial charge < -0.3 is 14.8 Å². The molecule has 166 valence electrons. The molecule has 1 aliphatic rings. The maximum Gasteiger partial charge on any atom is 0.307 e. The average Bonchev–Trinajstić information content (AvgIpc) is 2.84. The summed E-state index contributed by atoms with van der Waals surface area (Å²) in [6.45, 7) is 3.72. The van der Waals surface area contributed by atoms with E-state index in [1.165, 1.54) is 0 Å². The number of rotatable bonds is 7. The molecule has 1 saturated heterocycles. The quantitative estimate of drug-likeness (QED) is 0.515. The first-order valence-electron chi connectivity index (χ1n) is 11.3. The zero-order valence-electron chi connectivity index (χ0n) is 18.8. The second-order valence-electron chi connectivity index (χ2n) is 8.50. The molecular formula is C28H31NO3. The Morgan fingerprint density at radius 2 is 1.62 bits per heavy atom. The molecule has 0 aliphatic carbocycles. The molecule has 0 saturated carbocycles. The van der Waals surface area contributed by atoms with Crippen molar-refractivity contribution in [2.24, 2.45) is 0 Å². The molecule has 4 heteroatoms. The molecule has 3 aromatic carbocycles. The van der Waals surface area contributed by atoms with Crippen molar-refractivity contribution in [2.75, 3.05) is 20.2 Å². The van der Waals surface area contributed by atoms with E-state index in [1.54, 1.807) is 7.11 Å². The Morgan fingerprint density at radius 3 is 2.28 bits per heavy atom. The van der Waals surface area contributed by atoms with Gasteiger partial charge in [0.25, 0.3) is 0 Å². The molecule has 1 unspecified atom stereocenters. The van der Waals surface area contributed by atoms with E-state index in [0.717, 1.165) is 53.9 Å². The normalized spacial score (nSPS) is 16.2. The molecule has 1 aliphatic heterocycles. The summed E-state index contributed by atoms with van der Waals surface area (Å²) in [6, 6.07) is 26.4. The minimum absolute atomic E-state index is 0.145. The second-order valence-corrected chi connectivity index (χ2v) is 8.50. The van der Waals surface area contributed by atoms with Crippen LogP contribution in [-0.4, -0.2) is 26.2 Å². The number of hydrogen-bond donors (Lipinski definition) is 1. The number of hydrogen-bond acceptors (Lipinski definition) is 4. The van der Waals surface area contributed by atoms with E-state index < -0.39 is 5.60 Å². The van der Waals surface area contributed by atoms with Crippen LogP contribution in [0.15, 0.2) is 78.9 Å². The van der Waals surface area contributed by atoms with Gasteiger partial charge in [-0.3, -0.25) is 4.79 Å². The molecule has 0 amide bonds. The summed E-state index contributed by atoms with van der Waals surface area (Å²) in [7, 11) is 1.67. The molecule has 1 atom stereocenters. The first-order chi connectivity index (χ1) is 15.6. The number of carbonyl (C=O) groups is 1. The van der Waals surface area contributed by atoms with Crippen molar-refractivity contribution in [2.45, 2.75) is 37.7 Å². The lowest BCUT2D eigenvalue weighted by atomic mass is 9.84. The number of carbonyl (C=O) groups excluding carboxylic acids is 1. The van der Waals surface area contributed by atoms with Crippen molar-refractivity contribution in [3.63, 3.8) is 0 Å². The Hall–Kier alpha value is -3.11. The lowest BCUT2D eigenvalue weighted by molar-refractivity contribution is -0.164. The number of methoxy groups -OCH3 is 1. The molecular weight excluding hydrogens is 398 g/mol. The predicted molar refractivity (Wildman–Crippen MR) is 127 cm³/mol. The number of aryl methyl sites for hydroxylation is 1. The summed E-state index contributed by atoms with van der Waals surface area (Å²) in [6.07, 6.45) is 1.80. The Kier molecular flexibility index (Phi) is 6.91. The maximum absolute atomic E-state index is 13.4. The topological polar surface area (TPSA) is 47.6 Å². The van der Waals surface area contributed by atoms with E-state index in [1.807, 2.05) is 48.5 Å². The first kappa shape index (κ1) is 22.1. The minimum atomic E-state index is -0.582. The molecule has 4 rings (SSSR count). The molecule has 1 fully saturated rings. The lowest BCUT2D eigenvalue weighted by Gasteiger charge is -2.38. The van der Waals surface area contributed by atoms with Gasteiger partial charge in [-0.1, -0.05) is 78.4 Å². The van der Waals surface area contributed by atoms with Crippen molar-refractivity contribution in [3.8, 4) is 5.75 Å². The Bertz CT molecular complexity index is 1030. The maximum atomic E-state index is 13.4. The van der Waals surface area contributed by atoms with Crippen molar-refractivity contribution in [1.82, 2.24) is 5.32 Å². The van der Waals surface area contributed by atoms with Gasteiger partial charge in [0.15, 0.2) is 0 Å². The van der Waals surface area contributed by atoms with E-state index in [2.05, 4.69) is 42.6 Å². The summed E-state index contributed by atoms with van der Waals surface area (Å²) in [5, 5.41) is 3.39. The van der Waals surface area contributed by atoms with Crippen LogP contribution in [0.1, 0.15) is 47.4 Å². The van der Waals surface area contributed by atoms with Gasteiger partial charge in [-0.15, -0.1) is 0 Å². The molecule has 1 N–H and O–H groups in total. The van der Waals surface area contributed by atoms with Crippen molar-refractivity contribution in [3.05, 3.63) is 101 Å². The Balaban J connectivity index is 1.65. The van der Waals surface area contributed by atoms with E-state index >= 15 is 0 Å². The molecule has 4 nitrogen and oxygen atoms in total. The van der Waals surface area contributed by atoms with Crippen LogP contribution in [-0.2, 0) is 15.1 Å². The number of nitrogens with one attached hydrogen (secondary N) is 1. The van der Waals surface area contributed by atoms with Gasteiger partial charge in [-0.2, -0.15) is 0 Å². The zero-order chi connectivity index (χ0) is 22.4. The van der Waals surface area contributed by atoms with Crippen LogP contribution in [0, 0.1) is 6.92 Å². The van der Waals surface area contributed by atoms with Crippen LogP contribution in [0.25, 0.3) is 0 Å². The smallest absolute Gasteiger partial charge is 0.307 e. The predicted octanol–water partition coefficient (Wildman–Crippen LogP) is 5.35. The third-order valence-corrected chi connectivity index (χ3v) is 6.35. The van der Waals surface area contributed by atoms with Crippen LogP contribution in [0.5, 0.6) is 5.75 Å². The average molecular weight is 430 g/mol. The summed E-state index contributed by atoms with van der Waals surface area (Å²) in [5.41, 5.74) is 3.71. The molecule has 3 aromatic rings. The van der Waals surface area contributed by atoms with Gasteiger partial charge in [-0.25, -0.2) is 0 Å². The summed E-state index contributed by atoms with van der Waals surface area (Å²) < 4.78 is 12.0. The fraction of sp³-hybridized carbons (Fsp3) is 0.321. The standard InChI is InChI=1S/C28H31NO3/c1-21-13-14-26(31-2)25(19-21)24(22-9-5-3-6-10-22)20-27(30)32-28(15-17-29-18-16-28)23-11-7-4-8-12-23/h3-14,19,24,29H,15-18,20H2,1-2H3. The molecule has 0 radical (unpaired) electrons. The highest BCUT2D eigenvalue weighted by molar-refractivity contribution is 5.72. The first-order valence-corrected chi connectivity index (χ1v) is 11.3. The van der Waals surface area contributed by atoms with Crippen LogP contribution >= 0.6 is 0 Å². The van der Waals surface area contributed by atoms with E-state index in [9.17, 15) is 4.79 Å². The zero-order valence-corrected chi connectivity index (χ0v) is 18.8. The number of benzene rings is 3. The Morgan fingerprint density at radius 1 is 0.969 bits per heavy atom. The monoisotopic (exact) mass is 429 g/mol. The number of piperidine rings is 1. The lowest BCUT2D eigenvalue weighted by Crippen LogP contribution is -2.43. The van der Waals surface area contributed by atoms with Crippen LogP contribution in [0.2, 0.25) is 0 Å². The van der Waals surface area contributed by atoms with Gasteiger partial charge in [0.2, 0.25) is 0 Å². The largest absolute Gasteiger partial charge is 0.496 e. The van der Waals surface area contributed by atoms with Gasteiger partial charge in [0.1, 0.15) is 11.4 Å². The fourth-order valence-corrected chi connectivity index (χ4v) is 4.67. The molecule has 0 aromatic heterocycles. The summed E-state index contributed by atoms with van der Waals surface area (Å²) in [5.74, 6) is 0.457. The van der Waals surface area contributed by atoms with E-state index in [-0.39, 0.29) is 18.3 Å². The van der Waals surface area contributed by atoms with Gasteiger partial charge in [-0.05, 0) is 37.2 Å². The van der Waals surface area contributed by atoms with Crippen molar-refractivity contribution < 1.29 is 14.3 Å². The minimum Gasteiger partial charge on any atom is -0.496 e. The Labute approximate surface area is 190 Å². The summed E-state index contributed by atoms with van der Waals surface area (Å²) in [4.78, 5) is 13.4. The van der Waals surface area contributed by atoms with Gasteiger partial charge in [0.05, 0.1) is 13.5 Å². The fourth-order valence-electron chi connectivity index (χ4n) is 4.67. The third kappa shape index (κ3) is 4.86. The highest BCUT2D eigenvalue weighted by Crippen LogP contribution is 2.39. The number of esters is 1. The van der Waals surface area contributed by atoms with E-state index in [4.69, 9.17) is 9.47 Å². The molecule has 0 spiro atoms. The highest BCUT2D eigenvalue weighted by atomic mass is 16.6. The van der Waals surface area contributed by atoms with Crippen LogP contribution in [0.3, 0.4) is 0 Å². The van der Waals surface area contributed by atoms with Crippen molar-refractivity contribution >= 4 is 5.97 Å². The van der Waals surface area contributed by atoms with Crippen molar-refractivity contribution in [1.29, 1.82) is 0 Å². The van der Waals surface area contributed by atoms with E-state index in [0.29, 0.717) is 0 Å². The van der Waals surface area contributed by atoms with Crippen LogP contribution in [0.4, 0.5) is 0 Å². The SMILES string of the molecule is COc1ccc(C)cc1C(CC(=O)OC1(c2ccccc2)CCNCC1)c1ccccc1. The van der Waals surface area contributed by atoms with Crippen LogP contribution < -0.4 is 10.1 Å². The van der Waals surface area contributed by atoms with Gasteiger partial charge in [0, 0.05) is 24.3 Å². The summed E-state index contributed by atoms with van der Waals surface area (Å²) >= 11 is 0. The second kappa shape index (κ2) is 10.0. The van der Waals surface area contributed by atoms with Gasteiger partial charge >= 0.3 is 5.97 Å². The third-order valence-electron chi connectivity index (χ3n) is 6.35. The highest BCUT2D eigenvalue weighted by Gasteiger charge is 2.38. The number of ether oxygens (including phenoxy) is 2.